The Morgan fingerprint density at radius 2 is 0.684 bits per heavy atom. The van der Waals surface area contributed by atoms with Gasteiger partial charge in [0.1, 0.15) is 16.1 Å². The normalized spacial score (nSPS) is 12.2. The van der Waals surface area contributed by atoms with Crippen LogP contribution in [-0.2, 0) is 0 Å². The van der Waals surface area contributed by atoms with Gasteiger partial charge < -0.3 is 0 Å². The van der Waals surface area contributed by atoms with Crippen LogP contribution in [0.25, 0.3) is 32.7 Å². The van der Waals surface area contributed by atoms with Gasteiger partial charge in [0.05, 0.1) is 0 Å². The lowest BCUT2D eigenvalue weighted by Gasteiger charge is -2.32. The lowest BCUT2D eigenvalue weighted by atomic mass is 9.93. The molecule has 6 aromatic carbocycles. The van der Waals surface area contributed by atoms with Crippen molar-refractivity contribution in [1.29, 1.82) is 0 Å². The van der Waals surface area contributed by atoms with Gasteiger partial charge in [-0.05, 0) is 43.0 Å². The summed E-state index contributed by atoms with van der Waals surface area (Å²) in [4.78, 5) is 0. The zero-order chi connectivity index (χ0) is 26.3. The minimum absolute atomic E-state index is 1.31. The van der Waals surface area contributed by atoms with Gasteiger partial charge in [-0.15, -0.1) is 0 Å². The monoisotopic (exact) mass is 522 g/mol. The van der Waals surface area contributed by atoms with Crippen LogP contribution in [0.3, 0.4) is 0 Å². The third kappa shape index (κ3) is 4.05. The molecule has 6 aromatic rings. The molecule has 186 valence electrons. The molecule has 0 aromatic heterocycles. The molecule has 0 atom stereocenters. The minimum atomic E-state index is -2.03. The zero-order valence-electron chi connectivity index (χ0n) is 22.7. The summed E-state index contributed by atoms with van der Waals surface area (Å²) in [6, 6.07) is 49.9. The van der Waals surface area contributed by atoms with Gasteiger partial charge in [0.25, 0.3) is 0 Å². The molecule has 6 rings (SSSR count). The molecule has 0 amide bonds. The number of rotatable bonds is 5. The highest BCUT2D eigenvalue weighted by Crippen LogP contribution is 2.35. The molecule has 0 aliphatic carbocycles. The molecule has 38 heavy (non-hydrogen) atoms. The van der Waals surface area contributed by atoms with Crippen molar-refractivity contribution in [1.82, 2.24) is 0 Å². The number of hydrogen-bond donors (Lipinski definition) is 0. The van der Waals surface area contributed by atoms with Gasteiger partial charge in [-0.3, -0.25) is 0 Å². The summed E-state index contributed by atoms with van der Waals surface area (Å²) in [6.45, 7) is 10.1. The Bertz CT molecular complexity index is 1620. The van der Waals surface area contributed by atoms with E-state index in [4.69, 9.17) is 0 Å². The van der Waals surface area contributed by atoms with E-state index < -0.39 is 16.1 Å². The fourth-order valence-corrected chi connectivity index (χ4v) is 11.6. The van der Waals surface area contributed by atoms with Crippen LogP contribution in [0.5, 0.6) is 0 Å². The highest BCUT2D eigenvalue weighted by atomic mass is 28.3. The summed E-state index contributed by atoms with van der Waals surface area (Å²) in [7, 11) is -4.07. The first-order valence-corrected chi connectivity index (χ1v) is 19.5. The molecule has 0 heterocycles. The first-order chi connectivity index (χ1) is 18.4. The molecule has 0 saturated heterocycles. The van der Waals surface area contributed by atoms with E-state index >= 15 is 0 Å². The fraction of sp³-hybridized carbons (Fsp3) is 0.111. The predicted octanol–water partition coefficient (Wildman–Crippen LogP) is 7.31. The van der Waals surface area contributed by atoms with Crippen molar-refractivity contribution in [3.05, 3.63) is 133 Å². The highest BCUT2D eigenvalue weighted by Gasteiger charge is 2.34. The Balaban J connectivity index is 1.78. The van der Waals surface area contributed by atoms with E-state index in [1.165, 1.54) is 53.4 Å². The smallest absolute Gasteiger partial charge is 0.0626 e. The maximum absolute atomic E-state index is 2.51. The Hall–Kier alpha value is -3.73. The third-order valence-corrected chi connectivity index (χ3v) is 15.5. The molecule has 0 aliphatic heterocycles. The SMILES string of the molecule is C[Si](C)(c1ccccc1)c1ccc2ccccc2c1-c1c([Si](C)(C)c2ccccc2)ccc2ccccc12. The second-order valence-corrected chi connectivity index (χ2v) is 20.1. The lowest BCUT2D eigenvalue weighted by molar-refractivity contribution is 1.66. The van der Waals surface area contributed by atoms with Crippen molar-refractivity contribution < 1.29 is 0 Å². The Labute approximate surface area is 228 Å². The van der Waals surface area contributed by atoms with Gasteiger partial charge >= 0.3 is 0 Å². The number of benzene rings is 6. The molecule has 0 aliphatic rings. The molecule has 0 bridgehead atoms. The Morgan fingerprint density at radius 1 is 0.342 bits per heavy atom. The van der Waals surface area contributed by atoms with Crippen LogP contribution in [0.4, 0.5) is 0 Å². The molecule has 0 saturated carbocycles. The van der Waals surface area contributed by atoms with E-state index in [1.807, 2.05) is 0 Å². The standard InChI is InChI=1S/C36H34Si2/c1-37(2,29-17-7-5-8-18-29)33-25-23-27-15-11-13-21-31(27)35(33)36-32-22-14-12-16-28(32)24-26-34(36)38(3,4)30-19-9-6-10-20-30/h5-26H,1-4H3. The molecule has 0 N–H and O–H groups in total. The summed E-state index contributed by atoms with van der Waals surface area (Å²) in [5.41, 5.74) is 2.87. The predicted molar refractivity (Wildman–Crippen MR) is 173 cm³/mol. The third-order valence-electron chi connectivity index (χ3n) is 8.45. The maximum atomic E-state index is 2.51. The molecule has 0 unspecified atom stereocenters. The average molecular weight is 523 g/mol. The maximum Gasteiger partial charge on any atom is 0.113 e. The van der Waals surface area contributed by atoms with Crippen molar-refractivity contribution in [3.63, 3.8) is 0 Å². The zero-order valence-corrected chi connectivity index (χ0v) is 24.7. The van der Waals surface area contributed by atoms with E-state index in [9.17, 15) is 0 Å². The van der Waals surface area contributed by atoms with Crippen LogP contribution in [0.2, 0.25) is 26.2 Å². The topological polar surface area (TPSA) is 0 Å². The molecular weight excluding hydrogens is 489 g/mol. The lowest BCUT2D eigenvalue weighted by Crippen LogP contribution is -2.56. The summed E-state index contributed by atoms with van der Waals surface area (Å²) in [5.74, 6) is 0. The molecule has 0 fully saturated rings. The van der Waals surface area contributed by atoms with Crippen molar-refractivity contribution in [2.45, 2.75) is 26.2 Å². The van der Waals surface area contributed by atoms with Gasteiger partial charge in [0.2, 0.25) is 0 Å². The van der Waals surface area contributed by atoms with E-state index in [0.717, 1.165) is 0 Å². The van der Waals surface area contributed by atoms with Gasteiger partial charge in [-0.25, -0.2) is 0 Å². The Kier molecular flexibility index (Phi) is 6.18. The molecule has 0 spiro atoms. The van der Waals surface area contributed by atoms with Crippen LogP contribution < -0.4 is 20.7 Å². The van der Waals surface area contributed by atoms with Crippen LogP contribution in [0.1, 0.15) is 0 Å². The van der Waals surface area contributed by atoms with Crippen LogP contribution in [-0.4, -0.2) is 16.1 Å². The van der Waals surface area contributed by atoms with Crippen molar-refractivity contribution >= 4 is 58.4 Å². The number of fused-ring (bicyclic) bond motifs is 2. The first kappa shape index (κ1) is 24.6. The quantitative estimate of drug-likeness (QED) is 0.208. The Morgan fingerprint density at radius 3 is 1.08 bits per heavy atom. The van der Waals surface area contributed by atoms with Gasteiger partial charge in [0, 0.05) is 0 Å². The second kappa shape index (κ2) is 9.54. The van der Waals surface area contributed by atoms with Crippen LogP contribution in [0, 0.1) is 0 Å². The van der Waals surface area contributed by atoms with E-state index in [0.29, 0.717) is 0 Å². The van der Waals surface area contributed by atoms with E-state index in [-0.39, 0.29) is 0 Å². The molecule has 0 radical (unpaired) electrons. The van der Waals surface area contributed by atoms with Crippen molar-refractivity contribution in [2.75, 3.05) is 0 Å². The molecule has 2 heteroatoms. The molecular formula is C36H34Si2. The van der Waals surface area contributed by atoms with Crippen LogP contribution >= 0.6 is 0 Å². The second-order valence-electron chi connectivity index (χ2n) is 11.4. The summed E-state index contributed by atoms with van der Waals surface area (Å²) in [6.07, 6.45) is 0. The highest BCUT2D eigenvalue weighted by molar-refractivity contribution is 7.03. The summed E-state index contributed by atoms with van der Waals surface area (Å²) < 4.78 is 0. The van der Waals surface area contributed by atoms with Crippen molar-refractivity contribution in [3.8, 4) is 11.1 Å². The average Bonchev–Trinajstić information content (AvgIpc) is 2.97. The van der Waals surface area contributed by atoms with Crippen LogP contribution in [0.15, 0.2) is 133 Å². The van der Waals surface area contributed by atoms with Gasteiger partial charge in [-0.1, -0.05) is 170 Å². The minimum Gasteiger partial charge on any atom is -0.0626 e. The summed E-state index contributed by atoms with van der Waals surface area (Å²) in [5, 5.41) is 11.3. The van der Waals surface area contributed by atoms with E-state index in [2.05, 4.69) is 160 Å². The molecule has 0 nitrogen and oxygen atoms in total. The van der Waals surface area contributed by atoms with Gasteiger partial charge in [0.15, 0.2) is 0 Å². The van der Waals surface area contributed by atoms with Gasteiger partial charge in [-0.2, -0.15) is 0 Å². The van der Waals surface area contributed by atoms with Crippen molar-refractivity contribution in [2.24, 2.45) is 0 Å². The number of hydrogen-bond acceptors (Lipinski definition) is 0. The first-order valence-electron chi connectivity index (χ1n) is 13.5. The fourth-order valence-electron chi connectivity index (χ4n) is 6.14. The van der Waals surface area contributed by atoms with E-state index in [1.54, 1.807) is 0 Å². The largest absolute Gasteiger partial charge is 0.113 e. The summed E-state index contributed by atoms with van der Waals surface area (Å²) >= 11 is 0.